The van der Waals surface area contributed by atoms with Crippen LogP contribution in [0.15, 0.2) is 53.3 Å². The van der Waals surface area contributed by atoms with Crippen LogP contribution in [0.4, 0.5) is 17.2 Å². The number of nitrogens with zero attached hydrogens (tertiary/aromatic N) is 2. The van der Waals surface area contributed by atoms with Crippen LogP contribution < -0.4 is 10.6 Å². The number of amides is 1. The average molecular weight is 385 g/mol. The van der Waals surface area contributed by atoms with E-state index in [2.05, 4.69) is 36.5 Å². The van der Waals surface area contributed by atoms with Crippen LogP contribution in [0, 0.1) is 0 Å². The maximum atomic E-state index is 11.8. The van der Waals surface area contributed by atoms with Gasteiger partial charge in [-0.1, -0.05) is 28.9 Å². The number of benzene rings is 2. The summed E-state index contributed by atoms with van der Waals surface area (Å²) in [7, 11) is 0. The van der Waals surface area contributed by atoms with E-state index < -0.39 is 0 Å². The first-order valence-corrected chi connectivity index (χ1v) is 8.52. The van der Waals surface area contributed by atoms with Gasteiger partial charge in [0.15, 0.2) is 0 Å². The van der Waals surface area contributed by atoms with Gasteiger partial charge in [-0.05, 0) is 42.8 Å². The Morgan fingerprint density at radius 1 is 1.12 bits per heavy atom. The third-order valence-electron chi connectivity index (χ3n) is 3.48. The zero-order valence-corrected chi connectivity index (χ0v) is 14.8. The molecule has 3 rings (SSSR count). The van der Waals surface area contributed by atoms with Crippen molar-refractivity contribution in [3.63, 3.8) is 0 Å². The highest BCUT2D eigenvalue weighted by Crippen LogP contribution is 2.27. The smallest absolute Gasteiger partial charge is 0.224 e. The Morgan fingerprint density at radius 2 is 2.00 bits per heavy atom. The minimum atomic E-state index is 0.00944. The standard InChI is InChI=1S/C18H17BrN4O/c1-2-4-17(24)22-14-7-8-16-15(10-14)18(21-11-20-16)23-13-6-3-5-12(19)9-13/h3,5-11H,2,4H2,1H3,(H,22,24)(H,20,21,23). The van der Waals surface area contributed by atoms with Gasteiger partial charge < -0.3 is 10.6 Å². The Morgan fingerprint density at radius 3 is 2.79 bits per heavy atom. The zero-order valence-electron chi connectivity index (χ0n) is 13.2. The summed E-state index contributed by atoms with van der Waals surface area (Å²) in [6, 6.07) is 13.5. The summed E-state index contributed by atoms with van der Waals surface area (Å²) in [5.74, 6) is 0.708. The van der Waals surface area contributed by atoms with E-state index in [0.29, 0.717) is 12.2 Å². The van der Waals surface area contributed by atoms with Crippen LogP contribution in [-0.2, 0) is 4.79 Å². The van der Waals surface area contributed by atoms with Crippen LogP contribution in [-0.4, -0.2) is 15.9 Å². The summed E-state index contributed by atoms with van der Waals surface area (Å²) in [4.78, 5) is 20.4. The predicted octanol–water partition coefficient (Wildman–Crippen LogP) is 4.87. The van der Waals surface area contributed by atoms with Crippen molar-refractivity contribution in [2.24, 2.45) is 0 Å². The fourth-order valence-corrected chi connectivity index (χ4v) is 2.79. The summed E-state index contributed by atoms with van der Waals surface area (Å²) in [6.07, 6.45) is 2.85. The van der Waals surface area contributed by atoms with Crippen molar-refractivity contribution in [2.75, 3.05) is 10.6 Å². The van der Waals surface area contributed by atoms with Crippen molar-refractivity contribution in [1.29, 1.82) is 0 Å². The number of rotatable bonds is 5. The van der Waals surface area contributed by atoms with Gasteiger partial charge in [0.25, 0.3) is 0 Å². The molecule has 0 spiro atoms. The quantitative estimate of drug-likeness (QED) is 0.657. The highest BCUT2D eigenvalue weighted by atomic mass is 79.9. The molecule has 3 aromatic rings. The topological polar surface area (TPSA) is 66.9 Å². The molecule has 0 saturated heterocycles. The lowest BCUT2D eigenvalue weighted by Gasteiger charge is -2.10. The Hall–Kier alpha value is -2.47. The maximum absolute atomic E-state index is 11.8. The molecule has 0 aliphatic rings. The van der Waals surface area contributed by atoms with Crippen molar-refractivity contribution in [3.8, 4) is 0 Å². The summed E-state index contributed by atoms with van der Waals surface area (Å²) in [5, 5.41) is 7.06. The second-order valence-corrected chi connectivity index (χ2v) is 6.30. The van der Waals surface area contributed by atoms with Crippen LogP contribution in [0.2, 0.25) is 0 Å². The van der Waals surface area contributed by atoms with E-state index in [0.717, 1.165) is 33.2 Å². The SMILES string of the molecule is CCCC(=O)Nc1ccc2ncnc(Nc3cccc(Br)c3)c2c1. The number of nitrogens with one attached hydrogen (secondary N) is 2. The molecule has 0 atom stereocenters. The number of carbonyl (C=O) groups is 1. The lowest BCUT2D eigenvalue weighted by molar-refractivity contribution is -0.116. The van der Waals surface area contributed by atoms with E-state index in [1.807, 2.05) is 49.4 Å². The Kier molecular flexibility index (Phi) is 5.05. The average Bonchev–Trinajstić information content (AvgIpc) is 2.56. The molecule has 0 radical (unpaired) electrons. The van der Waals surface area contributed by atoms with E-state index in [-0.39, 0.29) is 5.91 Å². The maximum Gasteiger partial charge on any atom is 0.224 e. The van der Waals surface area contributed by atoms with Crippen molar-refractivity contribution < 1.29 is 4.79 Å². The first-order valence-electron chi connectivity index (χ1n) is 7.73. The molecule has 1 amide bonds. The van der Waals surface area contributed by atoms with Crippen LogP contribution in [0.5, 0.6) is 0 Å². The van der Waals surface area contributed by atoms with Crippen molar-refractivity contribution in [1.82, 2.24) is 9.97 Å². The van der Waals surface area contributed by atoms with Crippen molar-refractivity contribution in [3.05, 3.63) is 53.3 Å². The summed E-state index contributed by atoms with van der Waals surface area (Å²) in [6.45, 7) is 1.98. The van der Waals surface area contributed by atoms with Crippen LogP contribution >= 0.6 is 15.9 Å². The molecule has 1 heterocycles. The van der Waals surface area contributed by atoms with E-state index in [1.54, 1.807) is 0 Å². The van der Waals surface area contributed by atoms with Gasteiger partial charge in [-0.25, -0.2) is 9.97 Å². The Balaban J connectivity index is 1.94. The van der Waals surface area contributed by atoms with E-state index in [1.165, 1.54) is 6.33 Å². The molecule has 0 bridgehead atoms. The molecule has 0 aliphatic heterocycles. The second-order valence-electron chi connectivity index (χ2n) is 5.39. The van der Waals surface area contributed by atoms with Gasteiger partial charge in [-0.2, -0.15) is 0 Å². The minimum Gasteiger partial charge on any atom is -0.340 e. The summed E-state index contributed by atoms with van der Waals surface area (Å²) < 4.78 is 0.985. The largest absolute Gasteiger partial charge is 0.340 e. The van der Waals surface area contributed by atoms with Gasteiger partial charge in [-0.3, -0.25) is 4.79 Å². The molecule has 6 heteroatoms. The number of hydrogen-bond donors (Lipinski definition) is 2. The number of anilines is 3. The molecule has 2 N–H and O–H groups in total. The molecule has 5 nitrogen and oxygen atoms in total. The van der Waals surface area contributed by atoms with Gasteiger partial charge in [0.1, 0.15) is 12.1 Å². The Bertz CT molecular complexity index is 882. The normalized spacial score (nSPS) is 10.6. The van der Waals surface area contributed by atoms with Crippen LogP contribution in [0.25, 0.3) is 10.9 Å². The molecular weight excluding hydrogens is 368 g/mol. The second kappa shape index (κ2) is 7.40. The first kappa shape index (κ1) is 16.4. The molecule has 122 valence electrons. The molecule has 1 aromatic heterocycles. The number of aromatic nitrogens is 2. The van der Waals surface area contributed by atoms with E-state index in [9.17, 15) is 4.79 Å². The van der Waals surface area contributed by atoms with Crippen LogP contribution in [0.1, 0.15) is 19.8 Å². The monoisotopic (exact) mass is 384 g/mol. The number of hydrogen-bond acceptors (Lipinski definition) is 4. The third kappa shape index (κ3) is 3.89. The van der Waals surface area contributed by atoms with E-state index >= 15 is 0 Å². The van der Waals surface area contributed by atoms with E-state index in [4.69, 9.17) is 0 Å². The molecule has 0 aliphatic carbocycles. The molecule has 24 heavy (non-hydrogen) atoms. The Labute approximate surface area is 148 Å². The highest BCUT2D eigenvalue weighted by Gasteiger charge is 2.07. The zero-order chi connectivity index (χ0) is 16.9. The van der Waals surface area contributed by atoms with Gasteiger partial charge in [0, 0.05) is 27.7 Å². The van der Waals surface area contributed by atoms with Crippen molar-refractivity contribution in [2.45, 2.75) is 19.8 Å². The fraction of sp³-hybridized carbons (Fsp3) is 0.167. The number of carbonyl (C=O) groups excluding carboxylic acids is 1. The van der Waals surface area contributed by atoms with Gasteiger partial charge >= 0.3 is 0 Å². The van der Waals surface area contributed by atoms with Gasteiger partial charge in [-0.15, -0.1) is 0 Å². The summed E-state index contributed by atoms with van der Waals surface area (Å²) >= 11 is 3.46. The predicted molar refractivity (Wildman–Crippen MR) is 101 cm³/mol. The van der Waals surface area contributed by atoms with Crippen LogP contribution in [0.3, 0.4) is 0 Å². The molecular formula is C18H17BrN4O. The van der Waals surface area contributed by atoms with Gasteiger partial charge in [0.2, 0.25) is 5.91 Å². The first-order chi connectivity index (χ1) is 11.7. The number of fused-ring (bicyclic) bond motifs is 1. The van der Waals surface area contributed by atoms with Crippen molar-refractivity contribution >= 4 is 49.9 Å². The third-order valence-corrected chi connectivity index (χ3v) is 3.98. The lowest BCUT2D eigenvalue weighted by atomic mass is 10.2. The highest BCUT2D eigenvalue weighted by molar-refractivity contribution is 9.10. The molecule has 0 fully saturated rings. The lowest BCUT2D eigenvalue weighted by Crippen LogP contribution is -2.10. The molecule has 0 saturated carbocycles. The fourth-order valence-electron chi connectivity index (χ4n) is 2.39. The summed E-state index contributed by atoms with van der Waals surface area (Å²) in [5.41, 5.74) is 2.48. The minimum absolute atomic E-state index is 0.00944. The van der Waals surface area contributed by atoms with Gasteiger partial charge in [0.05, 0.1) is 5.52 Å². The number of halogens is 1. The molecule has 0 unspecified atom stereocenters. The molecule has 2 aromatic carbocycles.